The molecule has 1 unspecified atom stereocenters. The molecule has 2 heterocycles. The summed E-state index contributed by atoms with van der Waals surface area (Å²) in [6, 6.07) is 18.3. The molecule has 0 fully saturated rings. The predicted octanol–water partition coefficient (Wildman–Crippen LogP) is 6.12. The summed E-state index contributed by atoms with van der Waals surface area (Å²) < 4.78 is 53.3. The third-order valence-electron chi connectivity index (χ3n) is 5.86. The number of amides is 1. The van der Waals surface area contributed by atoms with Crippen molar-refractivity contribution in [2.45, 2.75) is 12.4 Å². The number of methoxy groups -OCH3 is 1. The van der Waals surface area contributed by atoms with Gasteiger partial charge in [0.15, 0.2) is 11.5 Å². The molecule has 1 aliphatic rings. The molecule has 1 N–H and O–H groups in total. The second-order valence-electron chi connectivity index (χ2n) is 8.14. The average molecular weight is 509 g/mol. The fourth-order valence-corrected chi connectivity index (χ4v) is 4.26. The number of Topliss-reactive ketones (excluding diaryl/α,β-unsaturated/α-hetero) is 1. The lowest BCUT2D eigenvalue weighted by atomic mass is 9.94. The van der Waals surface area contributed by atoms with Crippen molar-refractivity contribution < 1.29 is 41.8 Å². The first-order chi connectivity index (χ1) is 17.7. The summed E-state index contributed by atoms with van der Waals surface area (Å²) in [5.41, 5.74) is 0.535. The van der Waals surface area contributed by atoms with Gasteiger partial charge in [-0.25, -0.2) is 0 Å². The molecule has 7 nitrogen and oxygen atoms in total. The summed E-state index contributed by atoms with van der Waals surface area (Å²) >= 11 is 0. The normalized spacial score (nSPS) is 15.9. The number of furan rings is 1. The molecule has 3 aromatic carbocycles. The van der Waals surface area contributed by atoms with E-state index in [4.69, 9.17) is 9.15 Å². The average Bonchev–Trinajstić information content (AvgIpc) is 3.42. The molecule has 37 heavy (non-hydrogen) atoms. The molecular weight excluding hydrogens is 491 g/mol. The van der Waals surface area contributed by atoms with Gasteiger partial charge in [0, 0.05) is 17.1 Å². The zero-order chi connectivity index (χ0) is 26.3. The van der Waals surface area contributed by atoms with E-state index in [-0.39, 0.29) is 17.0 Å². The topological polar surface area (TPSA) is 89.2 Å². The van der Waals surface area contributed by atoms with E-state index in [1.165, 1.54) is 25.3 Å². The number of hydrogen-bond acceptors (Lipinski definition) is 6. The molecule has 0 radical (unpaired) electrons. The number of fused-ring (bicyclic) bond motifs is 1. The van der Waals surface area contributed by atoms with Crippen molar-refractivity contribution in [2.24, 2.45) is 0 Å². The Kier molecular flexibility index (Phi) is 5.87. The summed E-state index contributed by atoms with van der Waals surface area (Å²) in [6.07, 6.45) is -4.95. The molecule has 5 rings (SSSR count). The Hall–Kier alpha value is -4.73. The lowest BCUT2D eigenvalue weighted by molar-refractivity contribution is -0.274. The first-order valence-electron chi connectivity index (χ1n) is 11.0. The Balaban J connectivity index is 1.63. The number of alkyl halides is 3. The van der Waals surface area contributed by atoms with Crippen molar-refractivity contribution >= 4 is 28.3 Å². The van der Waals surface area contributed by atoms with Crippen molar-refractivity contribution in [3.8, 4) is 11.5 Å². The monoisotopic (exact) mass is 509 g/mol. The Morgan fingerprint density at radius 3 is 2.38 bits per heavy atom. The minimum Gasteiger partial charge on any atom is -0.503 e. The molecule has 1 amide bonds. The number of hydrogen-bond donors (Lipinski definition) is 1. The minimum absolute atomic E-state index is 0.0217. The van der Waals surface area contributed by atoms with Crippen LogP contribution in [-0.2, 0) is 4.79 Å². The van der Waals surface area contributed by atoms with Gasteiger partial charge in [-0.3, -0.25) is 14.5 Å². The van der Waals surface area contributed by atoms with Crippen LogP contribution in [0, 0.1) is 0 Å². The van der Waals surface area contributed by atoms with Crippen LogP contribution < -0.4 is 14.4 Å². The Morgan fingerprint density at radius 2 is 1.70 bits per heavy atom. The standard InChI is InChI=1S/C27H18F3NO6/c1-35-18-11-9-15(10-12-18)23-22(24(32)21-13-16-5-2-3-8-20(16)36-21)25(33)26(34)31(23)17-6-4-7-19(14-17)37-27(28,29)30/h2-14,23,33H,1H3. The van der Waals surface area contributed by atoms with Crippen molar-refractivity contribution in [3.63, 3.8) is 0 Å². The molecule has 188 valence electrons. The third kappa shape index (κ3) is 4.49. The van der Waals surface area contributed by atoms with Gasteiger partial charge >= 0.3 is 6.36 Å². The summed E-state index contributed by atoms with van der Waals surface area (Å²) in [5.74, 6) is -2.72. The van der Waals surface area contributed by atoms with E-state index in [0.717, 1.165) is 17.0 Å². The number of ether oxygens (including phenoxy) is 2. The van der Waals surface area contributed by atoms with E-state index >= 15 is 0 Å². The number of rotatable bonds is 6. The van der Waals surface area contributed by atoms with Crippen molar-refractivity contribution in [3.05, 3.63) is 102 Å². The maximum Gasteiger partial charge on any atom is 0.573 e. The van der Waals surface area contributed by atoms with E-state index < -0.39 is 35.6 Å². The number of para-hydroxylation sites is 1. The smallest absolute Gasteiger partial charge is 0.503 e. The number of carbonyl (C=O) groups is 2. The number of aliphatic hydroxyl groups is 1. The minimum atomic E-state index is -4.95. The van der Waals surface area contributed by atoms with Gasteiger partial charge < -0.3 is 19.0 Å². The molecule has 1 aromatic heterocycles. The largest absolute Gasteiger partial charge is 0.573 e. The number of anilines is 1. The van der Waals surface area contributed by atoms with Gasteiger partial charge in [0.05, 0.1) is 18.7 Å². The number of aliphatic hydroxyl groups excluding tert-OH is 1. The summed E-state index contributed by atoms with van der Waals surface area (Å²) in [5, 5.41) is 11.5. The van der Waals surface area contributed by atoms with E-state index in [0.29, 0.717) is 22.3 Å². The molecular formula is C27H18F3NO6. The Bertz CT molecular complexity index is 1500. The van der Waals surface area contributed by atoms with Crippen molar-refractivity contribution in [1.29, 1.82) is 0 Å². The lowest BCUT2D eigenvalue weighted by Crippen LogP contribution is -2.31. The first kappa shape index (κ1) is 24.0. The fraction of sp³-hybridized carbons (Fsp3) is 0.111. The van der Waals surface area contributed by atoms with Crippen LogP contribution in [0.25, 0.3) is 11.0 Å². The highest BCUT2D eigenvalue weighted by atomic mass is 19.4. The molecule has 0 spiro atoms. The molecule has 0 saturated carbocycles. The Labute approximate surface area is 207 Å². The second-order valence-corrected chi connectivity index (χ2v) is 8.14. The first-order valence-corrected chi connectivity index (χ1v) is 11.0. The molecule has 1 aliphatic heterocycles. The van der Waals surface area contributed by atoms with Gasteiger partial charge in [-0.05, 0) is 42.0 Å². The van der Waals surface area contributed by atoms with E-state index in [1.54, 1.807) is 48.5 Å². The zero-order valence-electron chi connectivity index (χ0n) is 19.2. The zero-order valence-corrected chi connectivity index (χ0v) is 19.2. The maximum absolute atomic E-state index is 13.6. The van der Waals surface area contributed by atoms with Gasteiger partial charge in [0.25, 0.3) is 5.91 Å². The predicted molar refractivity (Wildman–Crippen MR) is 127 cm³/mol. The van der Waals surface area contributed by atoms with Crippen LogP contribution in [0.2, 0.25) is 0 Å². The van der Waals surface area contributed by atoms with Crippen LogP contribution in [0.3, 0.4) is 0 Å². The van der Waals surface area contributed by atoms with Gasteiger partial charge in [0.1, 0.15) is 17.1 Å². The SMILES string of the molecule is COc1ccc(C2C(C(=O)c3cc4ccccc4o3)=C(O)C(=O)N2c2cccc(OC(F)(F)F)c2)cc1. The highest BCUT2D eigenvalue weighted by molar-refractivity contribution is 6.20. The molecule has 4 aromatic rings. The molecule has 0 aliphatic carbocycles. The fourth-order valence-electron chi connectivity index (χ4n) is 4.26. The van der Waals surface area contributed by atoms with Gasteiger partial charge in [-0.2, -0.15) is 0 Å². The lowest BCUT2D eigenvalue weighted by Gasteiger charge is -2.27. The van der Waals surface area contributed by atoms with E-state index in [1.807, 2.05) is 0 Å². The summed E-state index contributed by atoms with van der Waals surface area (Å²) in [4.78, 5) is 27.9. The van der Waals surface area contributed by atoms with Crippen LogP contribution >= 0.6 is 0 Å². The van der Waals surface area contributed by atoms with E-state index in [2.05, 4.69) is 4.74 Å². The number of halogens is 3. The van der Waals surface area contributed by atoms with E-state index in [9.17, 15) is 27.9 Å². The number of carbonyl (C=O) groups excluding carboxylic acids is 2. The van der Waals surface area contributed by atoms with Gasteiger partial charge in [-0.15, -0.1) is 13.2 Å². The number of benzene rings is 3. The van der Waals surface area contributed by atoms with Crippen molar-refractivity contribution in [2.75, 3.05) is 12.0 Å². The third-order valence-corrected chi connectivity index (χ3v) is 5.86. The van der Waals surface area contributed by atoms with Crippen LogP contribution in [-0.4, -0.2) is 30.3 Å². The van der Waals surface area contributed by atoms with Crippen LogP contribution in [0.15, 0.2) is 94.6 Å². The molecule has 0 saturated heterocycles. The molecule has 1 atom stereocenters. The quantitative estimate of drug-likeness (QED) is 0.315. The Morgan fingerprint density at radius 1 is 0.973 bits per heavy atom. The highest BCUT2D eigenvalue weighted by Gasteiger charge is 2.45. The maximum atomic E-state index is 13.6. The van der Waals surface area contributed by atoms with Gasteiger partial charge in [0.2, 0.25) is 5.78 Å². The summed E-state index contributed by atoms with van der Waals surface area (Å²) in [7, 11) is 1.47. The highest BCUT2D eigenvalue weighted by Crippen LogP contribution is 2.43. The molecule has 10 heteroatoms. The van der Waals surface area contributed by atoms with Gasteiger partial charge in [-0.1, -0.05) is 36.4 Å². The van der Waals surface area contributed by atoms with Crippen LogP contribution in [0.1, 0.15) is 22.2 Å². The second kappa shape index (κ2) is 9.05. The summed E-state index contributed by atoms with van der Waals surface area (Å²) in [6.45, 7) is 0. The number of nitrogens with zero attached hydrogens (tertiary/aromatic N) is 1. The van der Waals surface area contributed by atoms with Crippen LogP contribution in [0.4, 0.5) is 18.9 Å². The molecule has 0 bridgehead atoms. The van der Waals surface area contributed by atoms with Crippen molar-refractivity contribution in [1.82, 2.24) is 0 Å². The van der Waals surface area contributed by atoms with Crippen LogP contribution in [0.5, 0.6) is 11.5 Å². The number of ketones is 1.